The average molecular weight is 323 g/mol. The average Bonchev–Trinajstić information content (AvgIpc) is 3.06. The van der Waals surface area contributed by atoms with Crippen LogP contribution >= 0.6 is 0 Å². The number of rotatable bonds is 5. The van der Waals surface area contributed by atoms with E-state index in [1.54, 1.807) is 30.5 Å². The van der Waals surface area contributed by atoms with Gasteiger partial charge in [0.05, 0.1) is 0 Å². The third-order valence-electron chi connectivity index (χ3n) is 3.33. The molecule has 0 atom stereocenters. The maximum absolute atomic E-state index is 10.9. The van der Waals surface area contributed by atoms with E-state index in [0.717, 1.165) is 23.6 Å². The van der Waals surface area contributed by atoms with Crippen LogP contribution in [-0.4, -0.2) is 11.0 Å². The monoisotopic (exact) mass is 323 g/mol. The van der Waals surface area contributed by atoms with Crippen LogP contribution in [0.25, 0.3) is 11.3 Å². The SMILES string of the molecule is CCc1nc(-c2ccc(Oc3ccc(OC(C)=O)cc3)cc2)co1. The summed E-state index contributed by atoms with van der Waals surface area (Å²) in [5, 5.41) is 0. The number of esters is 1. The molecule has 0 radical (unpaired) electrons. The molecule has 0 unspecified atom stereocenters. The van der Waals surface area contributed by atoms with Crippen LogP contribution in [0.5, 0.6) is 17.2 Å². The van der Waals surface area contributed by atoms with Crippen LogP contribution in [0, 0.1) is 0 Å². The summed E-state index contributed by atoms with van der Waals surface area (Å²) in [5.74, 6) is 2.23. The number of nitrogens with zero attached hydrogens (tertiary/aromatic N) is 1. The molecule has 3 rings (SSSR count). The van der Waals surface area contributed by atoms with Crippen molar-refractivity contribution in [1.29, 1.82) is 0 Å². The summed E-state index contributed by atoms with van der Waals surface area (Å²) in [6, 6.07) is 14.5. The summed E-state index contributed by atoms with van der Waals surface area (Å²) >= 11 is 0. The second-order valence-corrected chi connectivity index (χ2v) is 5.17. The number of ether oxygens (including phenoxy) is 2. The molecule has 24 heavy (non-hydrogen) atoms. The van der Waals surface area contributed by atoms with Gasteiger partial charge in [-0.15, -0.1) is 0 Å². The van der Waals surface area contributed by atoms with Crippen LogP contribution in [0.4, 0.5) is 0 Å². The maximum atomic E-state index is 10.9. The smallest absolute Gasteiger partial charge is 0.308 e. The number of carbonyl (C=O) groups excluding carboxylic acids is 1. The van der Waals surface area contributed by atoms with Crippen LogP contribution in [-0.2, 0) is 11.2 Å². The van der Waals surface area contributed by atoms with Gasteiger partial charge in [-0.2, -0.15) is 0 Å². The van der Waals surface area contributed by atoms with Gasteiger partial charge in [-0.05, 0) is 48.5 Å². The van der Waals surface area contributed by atoms with Crippen LogP contribution in [0.2, 0.25) is 0 Å². The highest BCUT2D eigenvalue weighted by Crippen LogP contribution is 2.27. The summed E-state index contributed by atoms with van der Waals surface area (Å²) in [5.41, 5.74) is 1.78. The van der Waals surface area contributed by atoms with Gasteiger partial charge in [0.2, 0.25) is 0 Å². The lowest BCUT2D eigenvalue weighted by atomic mass is 10.2. The van der Waals surface area contributed by atoms with Gasteiger partial charge in [0.1, 0.15) is 29.2 Å². The minimum Gasteiger partial charge on any atom is -0.457 e. The Morgan fingerprint density at radius 3 is 2.12 bits per heavy atom. The largest absolute Gasteiger partial charge is 0.457 e. The summed E-state index contributed by atoms with van der Waals surface area (Å²) in [7, 11) is 0. The Morgan fingerprint density at radius 2 is 1.58 bits per heavy atom. The van der Waals surface area contributed by atoms with Gasteiger partial charge in [-0.3, -0.25) is 4.79 Å². The molecule has 0 aliphatic heterocycles. The number of carbonyl (C=O) groups is 1. The van der Waals surface area contributed by atoms with Gasteiger partial charge in [0.15, 0.2) is 5.89 Å². The van der Waals surface area contributed by atoms with Gasteiger partial charge in [0.25, 0.3) is 0 Å². The van der Waals surface area contributed by atoms with Gasteiger partial charge >= 0.3 is 5.97 Å². The minimum atomic E-state index is -0.349. The van der Waals surface area contributed by atoms with Crippen molar-refractivity contribution >= 4 is 5.97 Å². The van der Waals surface area contributed by atoms with E-state index in [9.17, 15) is 4.79 Å². The van der Waals surface area contributed by atoms with Crippen LogP contribution in [0.3, 0.4) is 0 Å². The third kappa shape index (κ3) is 3.81. The molecule has 0 spiro atoms. The molecule has 0 amide bonds. The molecule has 1 heterocycles. The topological polar surface area (TPSA) is 61.6 Å². The summed E-state index contributed by atoms with van der Waals surface area (Å²) < 4.78 is 16.1. The molecule has 122 valence electrons. The van der Waals surface area contributed by atoms with Crippen molar-refractivity contribution in [3.63, 3.8) is 0 Å². The fourth-order valence-electron chi connectivity index (χ4n) is 2.18. The molecule has 5 nitrogen and oxygen atoms in total. The van der Waals surface area contributed by atoms with Crippen molar-refractivity contribution in [1.82, 2.24) is 4.98 Å². The zero-order valence-corrected chi connectivity index (χ0v) is 13.5. The lowest BCUT2D eigenvalue weighted by Crippen LogP contribution is -2.00. The van der Waals surface area contributed by atoms with Crippen molar-refractivity contribution < 1.29 is 18.7 Å². The van der Waals surface area contributed by atoms with Crippen LogP contribution in [0.15, 0.2) is 59.2 Å². The normalized spacial score (nSPS) is 10.4. The fraction of sp³-hybridized carbons (Fsp3) is 0.158. The highest BCUT2D eigenvalue weighted by atomic mass is 16.5. The third-order valence-corrected chi connectivity index (χ3v) is 3.33. The Bertz CT molecular complexity index is 819. The molecule has 2 aromatic carbocycles. The van der Waals surface area contributed by atoms with E-state index in [4.69, 9.17) is 13.9 Å². The highest BCUT2D eigenvalue weighted by Gasteiger charge is 2.06. The molecule has 0 bridgehead atoms. The molecule has 0 N–H and O–H groups in total. The zero-order chi connectivity index (χ0) is 16.9. The van der Waals surface area contributed by atoms with Gasteiger partial charge < -0.3 is 13.9 Å². The Hall–Kier alpha value is -3.08. The summed E-state index contributed by atoms with van der Waals surface area (Å²) in [6.07, 6.45) is 2.42. The molecular weight excluding hydrogens is 306 g/mol. The Kier molecular flexibility index (Phi) is 4.61. The number of hydrogen-bond acceptors (Lipinski definition) is 5. The van der Waals surface area contributed by atoms with Gasteiger partial charge in [-0.25, -0.2) is 4.98 Å². The quantitative estimate of drug-likeness (QED) is 0.506. The van der Waals surface area contributed by atoms with E-state index in [1.807, 2.05) is 31.2 Å². The second-order valence-electron chi connectivity index (χ2n) is 5.17. The predicted molar refractivity (Wildman–Crippen MR) is 89.1 cm³/mol. The number of benzene rings is 2. The number of aryl methyl sites for hydroxylation is 1. The molecule has 3 aromatic rings. The lowest BCUT2D eigenvalue weighted by Gasteiger charge is -2.07. The van der Waals surface area contributed by atoms with E-state index in [0.29, 0.717) is 17.2 Å². The first kappa shape index (κ1) is 15.8. The first-order chi connectivity index (χ1) is 11.6. The zero-order valence-electron chi connectivity index (χ0n) is 13.5. The molecule has 0 aliphatic rings. The first-order valence-electron chi connectivity index (χ1n) is 7.65. The lowest BCUT2D eigenvalue weighted by molar-refractivity contribution is -0.131. The Morgan fingerprint density at radius 1 is 1.00 bits per heavy atom. The molecule has 0 saturated heterocycles. The van der Waals surface area contributed by atoms with Crippen molar-refractivity contribution in [2.45, 2.75) is 20.3 Å². The van der Waals surface area contributed by atoms with Crippen LogP contribution in [0.1, 0.15) is 19.7 Å². The Balaban J connectivity index is 1.68. The molecule has 0 aliphatic carbocycles. The molecular formula is C19H17NO4. The number of aromatic nitrogens is 1. The molecule has 0 saturated carbocycles. The van der Waals surface area contributed by atoms with E-state index < -0.39 is 0 Å². The number of hydrogen-bond donors (Lipinski definition) is 0. The second kappa shape index (κ2) is 7.00. The van der Waals surface area contributed by atoms with Crippen molar-refractivity contribution in [2.75, 3.05) is 0 Å². The predicted octanol–water partition coefficient (Wildman–Crippen LogP) is 4.62. The number of oxazole rings is 1. The van der Waals surface area contributed by atoms with E-state index >= 15 is 0 Å². The maximum Gasteiger partial charge on any atom is 0.308 e. The standard InChI is InChI=1S/C19H17NO4/c1-3-19-20-18(12-22-19)14-4-6-16(7-5-14)24-17-10-8-15(9-11-17)23-13(2)21/h4-12H,3H2,1-2H3. The summed E-state index contributed by atoms with van der Waals surface area (Å²) in [6.45, 7) is 3.36. The molecule has 1 aromatic heterocycles. The van der Waals surface area contributed by atoms with Crippen LogP contribution < -0.4 is 9.47 Å². The van der Waals surface area contributed by atoms with Gasteiger partial charge in [0, 0.05) is 18.9 Å². The molecule has 5 heteroatoms. The highest BCUT2D eigenvalue weighted by molar-refractivity contribution is 5.69. The first-order valence-corrected chi connectivity index (χ1v) is 7.65. The van der Waals surface area contributed by atoms with E-state index in [1.165, 1.54) is 6.92 Å². The van der Waals surface area contributed by atoms with Crippen molar-refractivity contribution in [3.8, 4) is 28.5 Å². The van der Waals surface area contributed by atoms with Crippen molar-refractivity contribution in [3.05, 3.63) is 60.7 Å². The van der Waals surface area contributed by atoms with Crippen molar-refractivity contribution in [2.24, 2.45) is 0 Å². The van der Waals surface area contributed by atoms with Gasteiger partial charge in [-0.1, -0.05) is 6.92 Å². The minimum absolute atomic E-state index is 0.349. The van der Waals surface area contributed by atoms with E-state index in [2.05, 4.69) is 4.98 Å². The molecule has 0 fully saturated rings. The van der Waals surface area contributed by atoms with E-state index in [-0.39, 0.29) is 5.97 Å². The summed E-state index contributed by atoms with van der Waals surface area (Å²) in [4.78, 5) is 15.3. The Labute approximate surface area is 139 Å². The fourth-order valence-corrected chi connectivity index (χ4v) is 2.18.